The topological polar surface area (TPSA) is 63.0 Å². The molecule has 224 valence electrons. The number of hydrogen-bond acceptors (Lipinski definition) is 5. The number of halogens is 5. The maximum Gasteiger partial charge on any atom is 0.433 e. The number of carbonyl (C=O) groups excluding carboxylic acids is 1. The summed E-state index contributed by atoms with van der Waals surface area (Å²) in [5.74, 6) is -1.88. The standard InChI is InChI=1S/C30H32F5N5O2/c1-17(2)39(14-13-38(5)19(4)21-9-12-24(31)25(32)15-21)29(41)23-16-36-40-27(30(33,34)35)18(3)26(37-28(23)40)20-7-10-22(42-6)11-8-20/h7-12,15-17,19H,13-14H2,1-6H3/t19-/m0/s1. The summed E-state index contributed by atoms with van der Waals surface area (Å²) >= 11 is 0. The van der Waals surface area contributed by atoms with E-state index in [0.717, 1.165) is 18.3 Å². The van der Waals surface area contributed by atoms with Crippen LogP contribution in [0.2, 0.25) is 0 Å². The van der Waals surface area contributed by atoms with Gasteiger partial charge < -0.3 is 9.64 Å². The molecule has 1 amide bonds. The number of hydrogen-bond donors (Lipinski definition) is 0. The Morgan fingerprint density at radius 3 is 2.26 bits per heavy atom. The smallest absolute Gasteiger partial charge is 0.433 e. The van der Waals surface area contributed by atoms with Gasteiger partial charge in [-0.05, 0) is 76.7 Å². The number of fused-ring (bicyclic) bond motifs is 1. The minimum absolute atomic E-state index is 0.0692. The summed E-state index contributed by atoms with van der Waals surface area (Å²) in [5.41, 5.74) is -0.369. The maximum absolute atomic E-state index is 14.3. The van der Waals surface area contributed by atoms with Gasteiger partial charge in [0.05, 0.1) is 19.0 Å². The van der Waals surface area contributed by atoms with E-state index in [2.05, 4.69) is 10.1 Å². The lowest BCUT2D eigenvalue weighted by Crippen LogP contribution is -2.42. The molecule has 2 aromatic carbocycles. The fraction of sp³-hybridized carbons (Fsp3) is 0.367. The third-order valence-electron chi connectivity index (χ3n) is 7.41. The van der Waals surface area contributed by atoms with Gasteiger partial charge in [-0.3, -0.25) is 9.69 Å². The van der Waals surface area contributed by atoms with Crippen LogP contribution in [-0.2, 0) is 6.18 Å². The van der Waals surface area contributed by atoms with Crippen LogP contribution >= 0.6 is 0 Å². The summed E-state index contributed by atoms with van der Waals surface area (Å²) in [6.45, 7) is 7.30. The predicted molar refractivity (Wildman–Crippen MR) is 148 cm³/mol. The van der Waals surface area contributed by atoms with E-state index >= 15 is 0 Å². The second-order valence-electron chi connectivity index (χ2n) is 10.4. The van der Waals surface area contributed by atoms with Crippen molar-refractivity contribution in [2.24, 2.45) is 0 Å². The number of ether oxygens (including phenoxy) is 1. The lowest BCUT2D eigenvalue weighted by atomic mass is 10.0. The molecule has 0 aliphatic heterocycles. The van der Waals surface area contributed by atoms with Gasteiger partial charge in [0.15, 0.2) is 23.0 Å². The summed E-state index contributed by atoms with van der Waals surface area (Å²) in [6.07, 6.45) is -3.66. The fourth-order valence-corrected chi connectivity index (χ4v) is 4.82. The van der Waals surface area contributed by atoms with E-state index in [1.165, 1.54) is 25.0 Å². The lowest BCUT2D eigenvalue weighted by molar-refractivity contribution is -0.143. The fourth-order valence-electron chi connectivity index (χ4n) is 4.82. The summed E-state index contributed by atoms with van der Waals surface area (Å²) in [4.78, 5) is 21.7. The Morgan fingerprint density at radius 1 is 1.02 bits per heavy atom. The van der Waals surface area contributed by atoms with Gasteiger partial charge >= 0.3 is 6.18 Å². The van der Waals surface area contributed by atoms with Crippen molar-refractivity contribution in [1.29, 1.82) is 0 Å². The molecule has 0 saturated heterocycles. The number of nitrogens with zero attached hydrogens (tertiary/aromatic N) is 5. The van der Waals surface area contributed by atoms with E-state index in [0.29, 0.717) is 27.9 Å². The highest BCUT2D eigenvalue weighted by Gasteiger charge is 2.39. The molecule has 7 nitrogen and oxygen atoms in total. The average molecular weight is 590 g/mol. The Balaban J connectivity index is 1.69. The molecule has 4 rings (SSSR count). The van der Waals surface area contributed by atoms with Crippen molar-refractivity contribution in [1.82, 2.24) is 24.4 Å². The molecule has 2 heterocycles. The first-order valence-electron chi connectivity index (χ1n) is 13.3. The Hall–Kier alpha value is -4.06. The van der Waals surface area contributed by atoms with Crippen LogP contribution in [0.3, 0.4) is 0 Å². The van der Waals surface area contributed by atoms with Crippen molar-refractivity contribution in [3.63, 3.8) is 0 Å². The Morgan fingerprint density at radius 2 is 1.69 bits per heavy atom. The molecule has 0 aliphatic carbocycles. The molecule has 12 heteroatoms. The van der Waals surface area contributed by atoms with Crippen LogP contribution in [0.15, 0.2) is 48.7 Å². The highest BCUT2D eigenvalue weighted by molar-refractivity contribution is 6.00. The van der Waals surface area contributed by atoms with Gasteiger partial charge in [-0.1, -0.05) is 6.07 Å². The zero-order valence-electron chi connectivity index (χ0n) is 24.1. The number of rotatable bonds is 9. The molecule has 0 spiro atoms. The molecule has 4 aromatic rings. The molecule has 42 heavy (non-hydrogen) atoms. The zero-order chi connectivity index (χ0) is 30.9. The minimum Gasteiger partial charge on any atom is -0.497 e. The predicted octanol–water partition coefficient (Wildman–Crippen LogP) is 6.55. The molecular formula is C30H32F5N5O2. The van der Waals surface area contributed by atoms with Crippen LogP contribution in [-0.4, -0.2) is 63.6 Å². The molecule has 0 bridgehead atoms. The molecule has 2 aromatic heterocycles. The summed E-state index contributed by atoms with van der Waals surface area (Å²) in [5, 5.41) is 3.94. The highest BCUT2D eigenvalue weighted by Crippen LogP contribution is 2.37. The number of amides is 1. The second-order valence-corrected chi connectivity index (χ2v) is 10.4. The van der Waals surface area contributed by atoms with Crippen LogP contribution in [0.25, 0.3) is 16.9 Å². The number of methoxy groups -OCH3 is 1. The number of likely N-dealkylation sites (N-methyl/N-ethyl adjacent to an activating group) is 1. The van der Waals surface area contributed by atoms with Gasteiger partial charge in [-0.2, -0.15) is 18.3 Å². The van der Waals surface area contributed by atoms with E-state index in [1.54, 1.807) is 45.2 Å². The van der Waals surface area contributed by atoms with Gasteiger partial charge in [0, 0.05) is 36.3 Å². The third-order valence-corrected chi connectivity index (χ3v) is 7.41. The van der Waals surface area contributed by atoms with Crippen LogP contribution in [0.1, 0.15) is 54.0 Å². The molecular weight excluding hydrogens is 557 g/mol. The van der Waals surface area contributed by atoms with Gasteiger partial charge in [0.2, 0.25) is 0 Å². The van der Waals surface area contributed by atoms with Crippen LogP contribution in [0, 0.1) is 18.6 Å². The van der Waals surface area contributed by atoms with Gasteiger partial charge in [-0.25, -0.2) is 18.3 Å². The number of carbonyl (C=O) groups is 1. The first-order valence-corrected chi connectivity index (χ1v) is 13.3. The third kappa shape index (κ3) is 6.08. The van der Waals surface area contributed by atoms with Crippen molar-refractivity contribution in [2.45, 2.75) is 46.0 Å². The van der Waals surface area contributed by atoms with Gasteiger partial charge in [0.25, 0.3) is 5.91 Å². The molecule has 0 fully saturated rings. The quantitative estimate of drug-likeness (QED) is 0.207. The Kier molecular flexibility index (Phi) is 8.86. The SMILES string of the molecule is COc1ccc(-c2nc3c(C(=O)N(CCN(C)[C@@H](C)c4ccc(F)c(F)c4)C(C)C)cnn3c(C(F)(F)F)c2C)cc1. The summed E-state index contributed by atoms with van der Waals surface area (Å²) < 4.78 is 75.9. The van der Waals surface area contributed by atoms with E-state index in [4.69, 9.17) is 4.74 Å². The van der Waals surface area contributed by atoms with Gasteiger partial charge in [-0.15, -0.1) is 0 Å². The summed E-state index contributed by atoms with van der Waals surface area (Å²) in [7, 11) is 3.27. The van der Waals surface area contributed by atoms with Crippen LogP contribution in [0.5, 0.6) is 5.75 Å². The van der Waals surface area contributed by atoms with Crippen molar-refractivity contribution >= 4 is 11.6 Å². The molecule has 0 aliphatic rings. The van der Waals surface area contributed by atoms with E-state index in [9.17, 15) is 26.7 Å². The van der Waals surface area contributed by atoms with Crippen molar-refractivity contribution in [2.75, 3.05) is 27.2 Å². The van der Waals surface area contributed by atoms with E-state index in [1.807, 2.05) is 11.8 Å². The molecule has 1 atom stereocenters. The van der Waals surface area contributed by atoms with E-state index in [-0.39, 0.29) is 41.1 Å². The number of aromatic nitrogens is 3. The Bertz CT molecular complexity index is 1580. The second kappa shape index (κ2) is 12.0. The van der Waals surface area contributed by atoms with E-state index < -0.39 is 29.4 Å². The maximum atomic E-state index is 14.3. The minimum atomic E-state index is -4.77. The first kappa shape index (κ1) is 30.9. The Labute approximate surface area is 240 Å². The largest absolute Gasteiger partial charge is 0.497 e. The molecule has 0 saturated carbocycles. The van der Waals surface area contributed by atoms with Crippen molar-refractivity contribution in [3.8, 4) is 17.0 Å². The normalized spacial score (nSPS) is 12.8. The highest BCUT2D eigenvalue weighted by atomic mass is 19.4. The number of alkyl halides is 3. The van der Waals surface area contributed by atoms with Crippen LogP contribution in [0.4, 0.5) is 22.0 Å². The monoisotopic (exact) mass is 589 g/mol. The van der Waals surface area contributed by atoms with Crippen molar-refractivity contribution < 1.29 is 31.5 Å². The molecule has 0 radical (unpaired) electrons. The lowest BCUT2D eigenvalue weighted by Gasteiger charge is -2.31. The molecule has 0 N–H and O–H groups in total. The number of benzene rings is 2. The zero-order valence-corrected chi connectivity index (χ0v) is 24.1. The first-order chi connectivity index (χ1) is 19.7. The summed E-state index contributed by atoms with van der Waals surface area (Å²) in [6, 6.07) is 9.53. The molecule has 0 unspecified atom stereocenters. The van der Waals surface area contributed by atoms with Gasteiger partial charge in [0.1, 0.15) is 11.3 Å². The van der Waals surface area contributed by atoms with Crippen LogP contribution < -0.4 is 4.74 Å². The average Bonchev–Trinajstić information content (AvgIpc) is 3.35. The van der Waals surface area contributed by atoms with Crippen molar-refractivity contribution in [3.05, 3.63) is 82.7 Å².